The minimum atomic E-state index is -0.896. The van der Waals surface area contributed by atoms with Gasteiger partial charge >= 0.3 is 0 Å². The number of non-ortho nitro benzene ring substituents is 1. The van der Waals surface area contributed by atoms with E-state index in [4.69, 9.17) is 0 Å². The third-order valence-electron chi connectivity index (χ3n) is 4.99. The molecule has 1 saturated heterocycles. The maximum atomic E-state index is 12.9. The summed E-state index contributed by atoms with van der Waals surface area (Å²) in [5.41, 5.74) is 0.604. The molecule has 1 amide bonds. The molecule has 30 heavy (non-hydrogen) atoms. The smallest absolute Gasteiger partial charge is 0.295 e. The second-order valence-corrected chi connectivity index (χ2v) is 7.37. The van der Waals surface area contributed by atoms with Crippen LogP contribution in [0.3, 0.4) is 0 Å². The number of hydrogen-bond acceptors (Lipinski definition) is 6. The van der Waals surface area contributed by atoms with Gasteiger partial charge < -0.3 is 14.9 Å². The van der Waals surface area contributed by atoms with Crippen LogP contribution in [0, 0.1) is 10.1 Å². The lowest BCUT2D eigenvalue weighted by atomic mass is 9.95. The molecular weight excluding hydrogens is 386 g/mol. The van der Waals surface area contributed by atoms with Crippen molar-refractivity contribution in [2.75, 3.05) is 27.2 Å². The Bertz CT molecular complexity index is 1000. The highest BCUT2D eigenvalue weighted by Crippen LogP contribution is 2.40. The van der Waals surface area contributed by atoms with Gasteiger partial charge in [-0.05, 0) is 32.6 Å². The molecule has 2 aromatic rings. The fraction of sp³-hybridized carbons (Fsp3) is 0.273. The van der Waals surface area contributed by atoms with Gasteiger partial charge in [-0.15, -0.1) is 0 Å². The molecule has 0 radical (unpaired) electrons. The average molecular weight is 409 g/mol. The summed E-state index contributed by atoms with van der Waals surface area (Å²) < 4.78 is 0. The fourth-order valence-corrected chi connectivity index (χ4v) is 3.57. The molecule has 156 valence electrons. The SMILES string of the molecule is CN(C)CCCN1C(=O)C(=O)C(=C(O)c2ccccc2)[C@H]1c1cccc([N+](=O)[O-])c1. The molecular formula is C22H23N3O5. The monoisotopic (exact) mass is 409 g/mol. The number of ketones is 1. The molecule has 0 bridgehead atoms. The lowest BCUT2D eigenvalue weighted by molar-refractivity contribution is -0.384. The maximum Gasteiger partial charge on any atom is 0.295 e. The molecule has 1 atom stereocenters. The number of amides is 1. The van der Waals surface area contributed by atoms with Gasteiger partial charge in [0.1, 0.15) is 5.76 Å². The quantitative estimate of drug-likeness (QED) is 0.248. The van der Waals surface area contributed by atoms with Crippen LogP contribution < -0.4 is 0 Å². The van der Waals surface area contributed by atoms with Crippen LogP contribution in [0.5, 0.6) is 0 Å². The number of Topliss-reactive ketones (excluding diaryl/α,β-unsaturated/α-hetero) is 1. The predicted octanol–water partition coefficient (Wildman–Crippen LogP) is 2.97. The Kier molecular flexibility index (Phi) is 6.27. The standard InChI is InChI=1S/C22H23N3O5/c1-23(2)12-7-13-24-19(16-10-6-11-17(14-16)25(29)30)18(21(27)22(24)28)20(26)15-8-4-3-5-9-15/h3-6,8-11,14,19,26H,7,12-13H2,1-2H3/t19-/m1/s1. The van der Waals surface area contributed by atoms with Crippen molar-refractivity contribution < 1.29 is 19.6 Å². The van der Waals surface area contributed by atoms with Crippen LogP contribution in [0.2, 0.25) is 0 Å². The largest absolute Gasteiger partial charge is 0.507 e. The van der Waals surface area contributed by atoms with Crippen molar-refractivity contribution in [2.45, 2.75) is 12.5 Å². The van der Waals surface area contributed by atoms with Gasteiger partial charge in [0, 0.05) is 24.2 Å². The van der Waals surface area contributed by atoms with E-state index in [1.807, 2.05) is 19.0 Å². The molecule has 8 heteroatoms. The molecule has 1 fully saturated rings. The van der Waals surface area contributed by atoms with Gasteiger partial charge in [-0.2, -0.15) is 0 Å². The van der Waals surface area contributed by atoms with Crippen LogP contribution in [-0.2, 0) is 9.59 Å². The molecule has 8 nitrogen and oxygen atoms in total. The van der Waals surface area contributed by atoms with Crippen LogP contribution in [0.15, 0.2) is 60.2 Å². The second-order valence-electron chi connectivity index (χ2n) is 7.37. The van der Waals surface area contributed by atoms with E-state index in [9.17, 15) is 24.8 Å². The number of aliphatic hydroxyl groups is 1. The van der Waals surface area contributed by atoms with Crippen molar-refractivity contribution in [3.8, 4) is 0 Å². The zero-order valence-corrected chi connectivity index (χ0v) is 16.8. The molecule has 1 aliphatic heterocycles. The predicted molar refractivity (Wildman–Crippen MR) is 112 cm³/mol. The molecule has 2 aromatic carbocycles. The average Bonchev–Trinajstić information content (AvgIpc) is 2.98. The highest BCUT2D eigenvalue weighted by atomic mass is 16.6. The number of hydrogen-bond donors (Lipinski definition) is 1. The van der Waals surface area contributed by atoms with E-state index >= 15 is 0 Å². The Labute approximate surface area is 174 Å². The van der Waals surface area contributed by atoms with Gasteiger partial charge in [0.2, 0.25) is 0 Å². The first-order valence-corrected chi connectivity index (χ1v) is 9.54. The molecule has 0 aromatic heterocycles. The Hall–Kier alpha value is -3.52. The number of aliphatic hydroxyl groups excluding tert-OH is 1. The summed E-state index contributed by atoms with van der Waals surface area (Å²) >= 11 is 0. The van der Waals surface area contributed by atoms with E-state index in [0.717, 1.165) is 0 Å². The number of nitro groups is 1. The van der Waals surface area contributed by atoms with Gasteiger partial charge in [-0.3, -0.25) is 19.7 Å². The van der Waals surface area contributed by atoms with Crippen molar-refractivity contribution >= 4 is 23.1 Å². The highest BCUT2D eigenvalue weighted by molar-refractivity contribution is 6.46. The summed E-state index contributed by atoms with van der Waals surface area (Å²) in [5.74, 6) is -1.80. The van der Waals surface area contributed by atoms with Crippen molar-refractivity contribution in [2.24, 2.45) is 0 Å². The number of carbonyl (C=O) groups excluding carboxylic acids is 2. The molecule has 1 N–H and O–H groups in total. The Morgan fingerprint density at radius 3 is 2.47 bits per heavy atom. The van der Waals surface area contributed by atoms with Crippen LogP contribution in [0.1, 0.15) is 23.6 Å². The Balaban J connectivity index is 2.12. The summed E-state index contributed by atoms with van der Waals surface area (Å²) in [7, 11) is 3.81. The molecule has 0 aliphatic carbocycles. The third-order valence-corrected chi connectivity index (χ3v) is 4.99. The number of benzene rings is 2. The van der Waals surface area contributed by atoms with Crippen molar-refractivity contribution in [1.82, 2.24) is 9.80 Å². The molecule has 3 rings (SSSR count). The lowest BCUT2D eigenvalue weighted by Crippen LogP contribution is -2.32. The maximum absolute atomic E-state index is 12.9. The second kappa shape index (κ2) is 8.87. The Morgan fingerprint density at radius 2 is 1.83 bits per heavy atom. The van der Waals surface area contributed by atoms with Gasteiger partial charge in [0.15, 0.2) is 0 Å². The first-order valence-electron chi connectivity index (χ1n) is 9.54. The zero-order chi connectivity index (χ0) is 21.8. The van der Waals surface area contributed by atoms with Gasteiger partial charge in [-0.1, -0.05) is 42.5 Å². The van der Waals surface area contributed by atoms with Gasteiger partial charge in [-0.25, -0.2) is 0 Å². The molecule has 0 spiro atoms. The summed E-state index contributed by atoms with van der Waals surface area (Å²) in [4.78, 5) is 39.8. The first kappa shape index (κ1) is 21.2. The van der Waals surface area contributed by atoms with E-state index in [2.05, 4.69) is 0 Å². The van der Waals surface area contributed by atoms with E-state index in [0.29, 0.717) is 24.1 Å². The van der Waals surface area contributed by atoms with E-state index < -0.39 is 22.7 Å². The normalized spacial score (nSPS) is 18.2. The third kappa shape index (κ3) is 4.23. The summed E-state index contributed by atoms with van der Waals surface area (Å²) in [6, 6.07) is 13.4. The van der Waals surface area contributed by atoms with Crippen LogP contribution >= 0.6 is 0 Å². The van der Waals surface area contributed by atoms with E-state index in [1.54, 1.807) is 36.4 Å². The minimum Gasteiger partial charge on any atom is -0.507 e. The van der Waals surface area contributed by atoms with Crippen LogP contribution in [0.4, 0.5) is 5.69 Å². The first-order chi connectivity index (χ1) is 14.3. The van der Waals surface area contributed by atoms with Crippen molar-refractivity contribution in [1.29, 1.82) is 0 Å². The summed E-state index contributed by atoms with van der Waals surface area (Å²) in [5, 5.41) is 22.1. The summed E-state index contributed by atoms with van der Waals surface area (Å²) in [6.07, 6.45) is 0.608. The molecule has 0 unspecified atom stereocenters. The minimum absolute atomic E-state index is 0.0587. The number of nitrogens with zero attached hydrogens (tertiary/aromatic N) is 3. The number of nitro benzene ring substituents is 1. The van der Waals surface area contributed by atoms with Crippen molar-refractivity contribution in [3.63, 3.8) is 0 Å². The van der Waals surface area contributed by atoms with Crippen LogP contribution in [0.25, 0.3) is 5.76 Å². The highest BCUT2D eigenvalue weighted by Gasteiger charge is 2.46. The zero-order valence-electron chi connectivity index (χ0n) is 16.8. The topological polar surface area (TPSA) is 104 Å². The van der Waals surface area contributed by atoms with E-state index in [-0.39, 0.29) is 23.6 Å². The molecule has 1 aliphatic rings. The molecule has 0 saturated carbocycles. The van der Waals surface area contributed by atoms with Crippen molar-refractivity contribution in [3.05, 3.63) is 81.4 Å². The molecule has 1 heterocycles. The Morgan fingerprint density at radius 1 is 1.13 bits per heavy atom. The number of likely N-dealkylation sites (tertiary alicyclic amines) is 1. The lowest BCUT2D eigenvalue weighted by Gasteiger charge is -2.25. The number of rotatable bonds is 7. The van der Waals surface area contributed by atoms with Gasteiger partial charge in [0.25, 0.3) is 17.4 Å². The number of carbonyl (C=O) groups is 2. The van der Waals surface area contributed by atoms with Crippen LogP contribution in [-0.4, -0.2) is 58.7 Å². The van der Waals surface area contributed by atoms with Gasteiger partial charge in [0.05, 0.1) is 16.5 Å². The summed E-state index contributed by atoms with van der Waals surface area (Å²) in [6.45, 7) is 0.977. The fourth-order valence-electron chi connectivity index (χ4n) is 3.57. The van der Waals surface area contributed by atoms with E-state index in [1.165, 1.54) is 23.1 Å².